The molecule has 3 nitrogen and oxygen atoms in total. The minimum Gasteiger partial charge on any atom is -0.380 e. The van der Waals surface area contributed by atoms with Crippen LogP contribution in [0.2, 0.25) is 0 Å². The van der Waals surface area contributed by atoms with Gasteiger partial charge in [0.15, 0.2) is 0 Å². The zero-order valence-electron chi connectivity index (χ0n) is 24.6. The Kier molecular flexibility index (Phi) is 6.47. The molecule has 0 spiro atoms. The summed E-state index contributed by atoms with van der Waals surface area (Å²) in [5.74, 6) is 2.88. The summed E-state index contributed by atoms with van der Waals surface area (Å²) < 4.78 is 0. The molecule has 4 saturated carbocycles. The lowest BCUT2D eigenvalue weighted by molar-refractivity contribution is 0.0107. The maximum atomic E-state index is 4.12. The van der Waals surface area contributed by atoms with E-state index >= 15 is 0 Å². The standard InChI is InChI=1S/C38H45N3/c1-2-3-11-32-21-34-33-12-7-8-13-35(33)39-36(34)37(41(32)25-26-9-5-4-6-10-26)30-14-16-31(17-15-30)40-38-22-27-18-28(23-38)20-29(19-27)24-38/h4-10,12-17,27-29,32,37,39-40H,2-3,11,18-25H2,1H3/t27?,28?,29?,32-,37-,38?/m0/s1. The SMILES string of the molecule is CCCC[C@H]1Cc2c([nH]c3ccccc23)[C@H](c2ccc(NC34CC5CC(CC(C5)C3)C4)cc2)N1Cc1ccccc1. The molecule has 9 rings (SSSR count). The molecule has 3 aromatic carbocycles. The number of rotatable bonds is 8. The Morgan fingerprint density at radius 3 is 2.22 bits per heavy atom. The lowest BCUT2D eigenvalue weighted by atomic mass is 9.53. The van der Waals surface area contributed by atoms with E-state index in [4.69, 9.17) is 0 Å². The zero-order chi connectivity index (χ0) is 27.4. The summed E-state index contributed by atoms with van der Waals surface area (Å²) in [6.07, 6.45) is 13.5. The predicted molar refractivity (Wildman–Crippen MR) is 170 cm³/mol. The van der Waals surface area contributed by atoms with Gasteiger partial charge in [-0.05, 0) is 104 Å². The Hall–Kier alpha value is -3.04. The number of unbranched alkanes of at least 4 members (excludes halogenated alkanes) is 1. The van der Waals surface area contributed by atoms with Gasteiger partial charge in [-0.2, -0.15) is 0 Å². The Balaban J connectivity index is 1.16. The van der Waals surface area contributed by atoms with E-state index in [0.29, 0.717) is 11.6 Å². The number of aromatic amines is 1. The van der Waals surface area contributed by atoms with Gasteiger partial charge in [0.2, 0.25) is 0 Å². The van der Waals surface area contributed by atoms with Crippen molar-refractivity contribution in [3.63, 3.8) is 0 Å². The number of hydrogen-bond donors (Lipinski definition) is 2. The van der Waals surface area contributed by atoms with Gasteiger partial charge in [0.05, 0.1) is 6.04 Å². The Morgan fingerprint density at radius 2 is 1.51 bits per heavy atom. The quantitative estimate of drug-likeness (QED) is 0.232. The van der Waals surface area contributed by atoms with Gasteiger partial charge in [0.25, 0.3) is 0 Å². The second-order valence-electron chi connectivity index (χ2n) is 14.1. The second-order valence-corrected chi connectivity index (χ2v) is 14.1. The van der Waals surface area contributed by atoms with E-state index in [2.05, 4.69) is 101 Å². The fourth-order valence-corrected chi connectivity index (χ4v) is 9.80. The third kappa shape index (κ3) is 4.71. The number of benzene rings is 3. The molecule has 4 fully saturated rings. The number of H-pyrrole nitrogens is 1. The highest BCUT2D eigenvalue weighted by molar-refractivity contribution is 5.85. The summed E-state index contributed by atoms with van der Waals surface area (Å²) in [6.45, 7) is 3.30. The maximum absolute atomic E-state index is 4.12. The summed E-state index contributed by atoms with van der Waals surface area (Å²) in [6, 6.07) is 30.5. The number of nitrogens with one attached hydrogen (secondary N) is 2. The minimum atomic E-state index is 0.224. The Labute approximate surface area is 245 Å². The van der Waals surface area contributed by atoms with Crippen molar-refractivity contribution < 1.29 is 0 Å². The molecule has 212 valence electrons. The van der Waals surface area contributed by atoms with Crippen LogP contribution in [0.3, 0.4) is 0 Å². The van der Waals surface area contributed by atoms with E-state index in [1.165, 1.54) is 96.8 Å². The first-order chi connectivity index (χ1) is 20.2. The predicted octanol–water partition coefficient (Wildman–Crippen LogP) is 9.26. The molecular formula is C38H45N3. The van der Waals surface area contributed by atoms with Crippen LogP contribution in [0.4, 0.5) is 5.69 Å². The molecule has 1 aromatic heterocycles. The van der Waals surface area contributed by atoms with E-state index in [-0.39, 0.29) is 6.04 Å². The summed E-state index contributed by atoms with van der Waals surface area (Å²) in [5.41, 5.74) is 8.68. The molecule has 2 N–H and O–H groups in total. The van der Waals surface area contributed by atoms with Crippen LogP contribution in [0.1, 0.15) is 93.1 Å². The van der Waals surface area contributed by atoms with Gasteiger partial charge in [-0.3, -0.25) is 4.90 Å². The summed E-state index contributed by atoms with van der Waals surface area (Å²) in [5, 5.41) is 5.53. The largest absolute Gasteiger partial charge is 0.380 e. The highest BCUT2D eigenvalue weighted by Gasteiger charge is 2.51. The molecule has 1 aliphatic heterocycles. The smallest absolute Gasteiger partial charge is 0.0762 e. The Bertz CT molecular complexity index is 1460. The number of hydrogen-bond acceptors (Lipinski definition) is 2. The summed E-state index contributed by atoms with van der Waals surface area (Å²) in [4.78, 5) is 6.73. The molecule has 5 aliphatic rings. The second kappa shape index (κ2) is 10.3. The van der Waals surface area contributed by atoms with Crippen molar-refractivity contribution in [2.75, 3.05) is 5.32 Å². The molecule has 4 aliphatic carbocycles. The van der Waals surface area contributed by atoms with E-state index in [1.807, 2.05) is 0 Å². The highest BCUT2D eigenvalue weighted by Crippen LogP contribution is 2.56. The van der Waals surface area contributed by atoms with Crippen molar-refractivity contribution in [1.82, 2.24) is 9.88 Å². The third-order valence-corrected chi connectivity index (χ3v) is 11.1. The van der Waals surface area contributed by atoms with E-state index < -0.39 is 0 Å². The van der Waals surface area contributed by atoms with Gasteiger partial charge in [-0.1, -0.05) is 80.4 Å². The van der Waals surface area contributed by atoms with Crippen LogP contribution in [0.25, 0.3) is 10.9 Å². The van der Waals surface area contributed by atoms with Crippen molar-refractivity contribution in [1.29, 1.82) is 0 Å². The average Bonchev–Trinajstić information content (AvgIpc) is 3.34. The maximum Gasteiger partial charge on any atom is 0.0762 e. The summed E-state index contributed by atoms with van der Waals surface area (Å²) >= 11 is 0. The first-order valence-corrected chi connectivity index (χ1v) is 16.4. The number of fused-ring (bicyclic) bond motifs is 3. The van der Waals surface area contributed by atoms with Crippen molar-refractivity contribution in [3.8, 4) is 0 Å². The lowest BCUT2D eigenvalue weighted by Crippen LogP contribution is -2.54. The minimum absolute atomic E-state index is 0.224. The van der Waals surface area contributed by atoms with Crippen LogP contribution >= 0.6 is 0 Å². The highest BCUT2D eigenvalue weighted by atomic mass is 15.2. The van der Waals surface area contributed by atoms with Crippen LogP contribution < -0.4 is 5.32 Å². The topological polar surface area (TPSA) is 31.1 Å². The first kappa shape index (κ1) is 25.7. The molecule has 0 unspecified atom stereocenters. The molecular weight excluding hydrogens is 498 g/mol. The molecule has 3 heteroatoms. The molecule has 4 aromatic rings. The van der Waals surface area contributed by atoms with Gasteiger partial charge in [0, 0.05) is 40.4 Å². The monoisotopic (exact) mass is 543 g/mol. The van der Waals surface area contributed by atoms with Crippen LogP contribution in [0.5, 0.6) is 0 Å². The van der Waals surface area contributed by atoms with Gasteiger partial charge in [-0.15, -0.1) is 0 Å². The molecule has 2 heterocycles. The molecule has 0 saturated heterocycles. The van der Waals surface area contributed by atoms with Crippen molar-refractivity contribution in [2.24, 2.45) is 17.8 Å². The zero-order valence-corrected chi connectivity index (χ0v) is 24.6. The van der Waals surface area contributed by atoms with Gasteiger partial charge in [-0.25, -0.2) is 0 Å². The van der Waals surface area contributed by atoms with Crippen molar-refractivity contribution in [3.05, 3.63) is 101 Å². The third-order valence-electron chi connectivity index (χ3n) is 11.1. The Morgan fingerprint density at radius 1 is 0.829 bits per heavy atom. The van der Waals surface area contributed by atoms with Gasteiger partial charge >= 0.3 is 0 Å². The molecule has 2 atom stereocenters. The fraction of sp³-hybridized carbons (Fsp3) is 0.474. The van der Waals surface area contributed by atoms with Crippen LogP contribution in [0, 0.1) is 17.8 Å². The molecule has 0 radical (unpaired) electrons. The van der Waals surface area contributed by atoms with E-state index in [9.17, 15) is 0 Å². The normalized spacial score (nSPS) is 30.5. The first-order valence-electron chi connectivity index (χ1n) is 16.4. The van der Waals surface area contributed by atoms with Crippen LogP contribution in [-0.4, -0.2) is 21.5 Å². The van der Waals surface area contributed by atoms with Crippen molar-refractivity contribution >= 4 is 16.6 Å². The van der Waals surface area contributed by atoms with Gasteiger partial charge in [0.1, 0.15) is 0 Å². The summed E-state index contributed by atoms with van der Waals surface area (Å²) in [7, 11) is 0. The average molecular weight is 544 g/mol. The van der Waals surface area contributed by atoms with Crippen molar-refractivity contribution in [2.45, 2.75) is 95.3 Å². The number of anilines is 1. The van der Waals surface area contributed by atoms with E-state index in [1.54, 1.807) is 0 Å². The number of para-hydroxylation sites is 1. The van der Waals surface area contributed by atoms with Gasteiger partial charge < -0.3 is 10.3 Å². The molecule has 0 amide bonds. The van der Waals surface area contributed by atoms with Crippen LogP contribution in [-0.2, 0) is 13.0 Å². The number of aromatic nitrogens is 1. The molecule has 41 heavy (non-hydrogen) atoms. The lowest BCUT2D eigenvalue weighted by Gasteiger charge is -2.57. The molecule has 4 bridgehead atoms. The fourth-order valence-electron chi connectivity index (χ4n) is 9.80. The van der Waals surface area contributed by atoms with Crippen LogP contribution in [0.15, 0.2) is 78.9 Å². The number of nitrogens with zero attached hydrogens (tertiary/aromatic N) is 1. The van der Waals surface area contributed by atoms with E-state index in [0.717, 1.165) is 30.7 Å².